The van der Waals surface area contributed by atoms with E-state index >= 15 is 0 Å². The van der Waals surface area contributed by atoms with E-state index in [4.69, 9.17) is 0 Å². The summed E-state index contributed by atoms with van der Waals surface area (Å²) in [7, 11) is 0. The maximum atomic E-state index is 3.86. The largest absolute Gasteiger partial charge is 0.367 e. The van der Waals surface area contributed by atoms with Gasteiger partial charge in [0.15, 0.2) is 0 Å². The van der Waals surface area contributed by atoms with E-state index in [1.165, 1.54) is 6.42 Å². The second kappa shape index (κ2) is 2.00. The van der Waals surface area contributed by atoms with Crippen LogP contribution < -0.4 is 5.32 Å². The molecule has 1 fully saturated rings. The van der Waals surface area contributed by atoms with Gasteiger partial charge in [-0.1, -0.05) is 13.8 Å². The van der Waals surface area contributed by atoms with Crippen molar-refractivity contribution in [1.29, 1.82) is 0 Å². The maximum absolute atomic E-state index is 3.86. The molecule has 1 aliphatic rings. The monoisotopic (exact) mass is 151 g/mol. The molecule has 0 saturated heterocycles. The molecule has 3 heteroatoms. The van der Waals surface area contributed by atoms with Crippen molar-refractivity contribution in [1.82, 2.24) is 10.2 Å². The molecule has 0 aliphatic heterocycles. The van der Waals surface area contributed by atoms with Gasteiger partial charge in [0.25, 0.3) is 0 Å². The van der Waals surface area contributed by atoms with Crippen molar-refractivity contribution in [3.8, 4) is 0 Å². The Hall–Kier alpha value is -0.990. The maximum Gasteiger partial charge on any atom is 0.121 e. The predicted octanol–water partition coefficient (Wildman–Crippen LogP) is 1.62. The highest BCUT2D eigenvalue weighted by molar-refractivity contribution is 5.36. The number of aromatic amines is 1. The van der Waals surface area contributed by atoms with E-state index in [-0.39, 0.29) is 0 Å². The Morgan fingerprint density at radius 1 is 1.73 bits per heavy atom. The number of nitrogens with zero attached hydrogens (tertiary/aromatic N) is 1. The van der Waals surface area contributed by atoms with Gasteiger partial charge in [-0.3, -0.25) is 5.10 Å². The van der Waals surface area contributed by atoms with Crippen molar-refractivity contribution in [3.63, 3.8) is 0 Å². The van der Waals surface area contributed by atoms with Crippen molar-refractivity contribution in [2.45, 2.75) is 26.3 Å². The third-order valence-corrected chi connectivity index (χ3v) is 2.34. The van der Waals surface area contributed by atoms with Gasteiger partial charge in [0, 0.05) is 6.04 Å². The lowest BCUT2D eigenvalue weighted by atomic mass is 10.2. The topological polar surface area (TPSA) is 40.7 Å². The predicted molar refractivity (Wildman–Crippen MR) is 44.4 cm³/mol. The average Bonchev–Trinajstić information content (AvgIpc) is 2.42. The number of rotatable bonds is 2. The van der Waals surface area contributed by atoms with Crippen LogP contribution >= 0.6 is 0 Å². The lowest BCUT2D eigenvalue weighted by molar-refractivity contribution is 0.630. The van der Waals surface area contributed by atoms with E-state index in [0.717, 1.165) is 5.82 Å². The fourth-order valence-corrected chi connectivity index (χ4v) is 1.24. The number of anilines is 1. The highest BCUT2D eigenvalue weighted by Gasteiger charge is 2.45. The smallest absolute Gasteiger partial charge is 0.121 e. The molecule has 1 aliphatic carbocycles. The minimum atomic E-state index is 0.477. The highest BCUT2D eigenvalue weighted by Crippen LogP contribution is 2.46. The van der Waals surface area contributed by atoms with E-state index in [0.29, 0.717) is 11.5 Å². The second-order valence-corrected chi connectivity index (χ2v) is 3.86. The molecule has 1 heterocycles. The van der Waals surface area contributed by atoms with Crippen LogP contribution in [0, 0.1) is 5.41 Å². The summed E-state index contributed by atoms with van der Waals surface area (Å²) < 4.78 is 0. The van der Waals surface area contributed by atoms with Gasteiger partial charge in [0.05, 0.1) is 6.20 Å². The molecule has 0 aromatic carbocycles. The summed E-state index contributed by atoms with van der Waals surface area (Å²) >= 11 is 0. The Bertz CT molecular complexity index is 238. The summed E-state index contributed by atoms with van der Waals surface area (Å²) in [6, 6.07) is 2.58. The van der Waals surface area contributed by atoms with Crippen molar-refractivity contribution >= 4 is 5.82 Å². The van der Waals surface area contributed by atoms with Gasteiger partial charge >= 0.3 is 0 Å². The summed E-state index contributed by atoms with van der Waals surface area (Å²) in [6.07, 6.45) is 3.02. The third kappa shape index (κ3) is 1.23. The molecular formula is C8H13N3. The van der Waals surface area contributed by atoms with Gasteiger partial charge < -0.3 is 5.32 Å². The highest BCUT2D eigenvalue weighted by atomic mass is 15.2. The molecule has 60 valence electrons. The molecule has 3 nitrogen and oxygen atoms in total. The lowest BCUT2D eigenvalue weighted by Gasteiger charge is -2.03. The molecule has 0 radical (unpaired) electrons. The van der Waals surface area contributed by atoms with Crippen LogP contribution in [0.1, 0.15) is 20.3 Å². The molecule has 1 atom stereocenters. The van der Waals surface area contributed by atoms with Crippen LogP contribution in [0.5, 0.6) is 0 Å². The van der Waals surface area contributed by atoms with Gasteiger partial charge in [0.2, 0.25) is 0 Å². The average molecular weight is 151 g/mol. The van der Waals surface area contributed by atoms with Crippen LogP contribution in [0.25, 0.3) is 0 Å². The van der Waals surface area contributed by atoms with E-state index < -0.39 is 0 Å². The van der Waals surface area contributed by atoms with Crippen LogP contribution in [0.15, 0.2) is 12.3 Å². The van der Waals surface area contributed by atoms with E-state index in [2.05, 4.69) is 29.4 Å². The molecule has 0 spiro atoms. The third-order valence-electron chi connectivity index (χ3n) is 2.34. The van der Waals surface area contributed by atoms with Crippen molar-refractivity contribution < 1.29 is 0 Å². The van der Waals surface area contributed by atoms with E-state index in [1.54, 1.807) is 6.20 Å². The van der Waals surface area contributed by atoms with Crippen LogP contribution in [0.4, 0.5) is 5.82 Å². The lowest BCUT2D eigenvalue weighted by Crippen LogP contribution is -2.08. The molecule has 0 bridgehead atoms. The summed E-state index contributed by atoms with van der Waals surface area (Å²) in [5.41, 5.74) is 0.477. The normalized spacial score (nSPS) is 26.5. The van der Waals surface area contributed by atoms with E-state index in [9.17, 15) is 0 Å². The van der Waals surface area contributed by atoms with Gasteiger partial charge in [-0.05, 0) is 17.9 Å². The number of H-pyrrole nitrogens is 1. The number of aromatic nitrogens is 2. The van der Waals surface area contributed by atoms with Crippen molar-refractivity contribution in [3.05, 3.63) is 12.3 Å². The quantitative estimate of drug-likeness (QED) is 0.674. The Morgan fingerprint density at radius 3 is 2.91 bits per heavy atom. The standard InChI is InChI=1S/C8H13N3/c1-8(2)5-6(8)10-7-3-4-9-11-7/h3-4,6H,5H2,1-2H3,(H2,9,10,11). The van der Waals surface area contributed by atoms with Crippen LogP contribution in [0.3, 0.4) is 0 Å². The Kier molecular flexibility index (Phi) is 1.22. The van der Waals surface area contributed by atoms with Crippen LogP contribution in [-0.4, -0.2) is 16.2 Å². The Labute approximate surface area is 66.2 Å². The fourth-order valence-electron chi connectivity index (χ4n) is 1.24. The SMILES string of the molecule is CC1(C)CC1Nc1ccn[nH]1. The molecular weight excluding hydrogens is 138 g/mol. The summed E-state index contributed by atoms with van der Waals surface area (Å²) in [5, 5.41) is 10.1. The molecule has 1 aromatic heterocycles. The van der Waals surface area contributed by atoms with Crippen molar-refractivity contribution in [2.75, 3.05) is 5.32 Å². The molecule has 1 saturated carbocycles. The molecule has 1 aromatic rings. The molecule has 11 heavy (non-hydrogen) atoms. The molecule has 2 N–H and O–H groups in total. The zero-order valence-electron chi connectivity index (χ0n) is 6.89. The summed E-state index contributed by atoms with van der Waals surface area (Å²) in [4.78, 5) is 0. The first-order valence-electron chi connectivity index (χ1n) is 3.94. The molecule has 0 amide bonds. The first-order valence-corrected chi connectivity index (χ1v) is 3.94. The minimum Gasteiger partial charge on any atom is -0.367 e. The van der Waals surface area contributed by atoms with Crippen molar-refractivity contribution in [2.24, 2.45) is 5.41 Å². The molecule has 1 unspecified atom stereocenters. The van der Waals surface area contributed by atoms with Crippen LogP contribution in [-0.2, 0) is 0 Å². The van der Waals surface area contributed by atoms with Gasteiger partial charge in [-0.2, -0.15) is 5.10 Å². The molecule has 2 rings (SSSR count). The minimum absolute atomic E-state index is 0.477. The van der Waals surface area contributed by atoms with Crippen LogP contribution in [0.2, 0.25) is 0 Å². The second-order valence-electron chi connectivity index (χ2n) is 3.86. The summed E-state index contributed by atoms with van der Waals surface area (Å²) in [6.45, 7) is 4.53. The van der Waals surface area contributed by atoms with Gasteiger partial charge in [0.1, 0.15) is 5.82 Å². The summed E-state index contributed by atoms with van der Waals surface area (Å²) in [5.74, 6) is 1.03. The zero-order chi connectivity index (χ0) is 7.90. The van der Waals surface area contributed by atoms with Gasteiger partial charge in [-0.15, -0.1) is 0 Å². The Morgan fingerprint density at radius 2 is 2.45 bits per heavy atom. The fraction of sp³-hybridized carbons (Fsp3) is 0.625. The Balaban J connectivity index is 1.95. The number of hydrogen-bond acceptors (Lipinski definition) is 2. The zero-order valence-corrected chi connectivity index (χ0v) is 6.89. The number of nitrogens with one attached hydrogen (secondary N) is 2. The van der Waals surface area contributed by atoms with E-state index in [1.807, 2.05) is 6.07 Å². The first-order chi connectivity index (χ1) is 5.18. The number of hydrogen-bond donors (Lipinski definition) is 2. The van der Waals surface area contributed by atoms with Gasteiger partial charge in [-0.25, -0.2) is 0 Å². The first kappa shape index (κ1) is 6.70.